The van der Waals surface area contributed by atoms with Crippen molar-refractivity contribution in [2.75, 3.05) is 13.2 Å². The first-order chi connectivity index (χ1) is 32.0. The van der Waals surface area contributed by atoms with E-state index in [9.17, 15) is 19.8 Å². The summed E-state index contributed by atoms with van der Waals surface area (Å²) in [4.78, 5) is 24.5. The molecule has 0 saturated carbocycles. The maximum atomic E-state index is 12.4. The second-order valence-corrected chi connectivity index (χ2v) is 20.3. The third-order valence-corrected chi connectivity index (χ3v) is 13.8. The Balaban J connectivity index is 3.37. The summed E-state index contributed by atoms with van der Waals surface area (Å²) >= 11 is 0. The molecular formula is C59H115NO5. The van der Waals surface area contributed by atoms with E-state index in [1.54, 1.807) is 0 Å². The largest absolute Gasteiger partial charge is 0.466 e. The van der Waals surface area contributed by atoms with Gasteiger partial charge in [0.05, 0.1) is 25.4 Å². The van der Waals surface area contributed by atoms with E-state index in [4.69, 9.17) is 4.74 Å². The van der Waals surface area contributed by atoms with Crippen molar-refractivity contribution in [3.05, 3.63) is 12.2 Å². The number of unbranched alkanes of at least 4 members (excludes halogenated alkanes) is 42. The monoisotopic (exact) mass is 918 g/mol. The molecule has 0 radical (unpaired) electrons. The van der Waals surface area contributed by atoms with E-state index >= 15 is 0 Å². The molecule has 0 aromatic heterocycles. The van der Waals surface area contributed by atoms with E-state index in [2.05, 4.69) is 31.3 Å². The highest BCUT2D eigenvalue weighted by atomic mass is 16.5. The summed E-state index contributed by atoms with van der Waals surface area (Å²) in [5, 5.41) is 23.2. The normalized spacial score (nSPS) is 12.6. The Morgan fingerprint density at radius 1 is 0.415 bits per heavy atom. The van der Waals surface area contributed by atoms with Crippen molar-refractivity contribution in [1.82, 2.24) is 5.32 Å². The minimum absolute atomic E-state index is 0.00372. The Labute approximate surface area is 406 Å². The van der Waals surface area contributed by atoms with Crippen LogP contribution in [-0.2, 0) is 14.3 Å². The van der Waals surface area contributed by atoms with Gasteiger partial charge in [0, 0.05) is 12.8 Å². The number of esters is 1. The Bertz CT molecular complexity index is 970. The molecule has 1 amide bonds. The number of aliphatic hydroxyl groups excluding tert-OH is 2. The summed E-state index contributed by atoms with van der Waals surface area (Å²) in [6, 6.07) is -0.541. The molecule has 0 bridgehead atoms. The standard InChI is InChI=1S/C59H115NO5/c1-3-5-7-9-11-13-15-17-18-26-29-33-37-41-45-49-53-59(64)65-54-50-46-42-38-34-30-27-24-22-20-19-21-23-25-28-32-36-40-44-48-52-58(63)60-56(55-61)57(62)51-47-43-39-35-31-16-14-12-10-8-6-4-2/h18,26,56-57,61-62H,3-17,19-25,27-55H2,1-2H3,(H,60,63)/b26-18-. The number of carbonyl (C=O) groups excluding carboxylic acids is 2. The molecule has 6 nitrogen and oxygen atoms in total. The highest BCUT2D eigenvalue weighted by Crippen LogP contribution is 2.18. The lowest BCUT2D eigenvalue weighted by Crippen LogP contribution is -2.45. The highest BCUT2D eigenvalue weighted by molar-refractivity contribution is 5.76. The highest BCUT2D eigenvalue weighted by Gasteiger charge is 2.20. The summed E-state index contributed by atoms with van der Waals surface area (Å²) in [6.45, 7) is 4.95. The van der Waals surface area contributed by atoms with Gasteiger partial charge in [-0.15, -0.1) is 0 Å². The van der Waals surface area contributed by atoms with E-state index in [1.165, 1.54) is 250 Å². The lowest BCUT2D eigenvalue weighted by molar-refractivity contribution is -0.143. The molecule has 0 fully saturated rings. The maximum Gasteiger partial charge on any atom is 0.305 e. The van der Waals surface area contributed by atoms with E-state index in [1.807, 2.05) is 0 Å². The Hall–Kier alpha value is -1.40. The van der Waals surface area contributed by atoms with Gasteiger partial charge < -0.3 is 20.3 Å². The van der Waals surface area contributed by atoms with Gasteiger partial charge in [-0.3, -0.25) is 9.59 Å². The van der Waals surface area contributed by atoms with Gasteiger partial charge in [0.15, 0.2) is 0 Å². The van der Waals surface area contributed by atoms with Crippen LogP contribution in [0.15, 0.2) is 12.2 Å². The number of hydrogen-bond acceptors (Lipinski definition) is 5. The molecule has 3 N–H and O–H groups in total. The summed E-state index contributed by atoms with van der Waals surface area (Å²) < 4.78 is 5.48. The summed E-state index contributed by atoms with van der Waals surface area (Å²) in [5.41, 5.74) is 0. The molecule has 2 atom stereocenters. The van der Waals surface area contributed by atoms with Gasteiger partial charge in [-0.25, -0.2) is 0 Å². The molecule has 0 aromatic carbocycles. The minimum Gasteiger partial charge on any atom is -0.466 e. The van der Waals surface area contributed by atoms with Crippen LogP contribution in [0.3, 0.4) is 0 Å². The molecule has 65 heavy (non-hydrogen) atoms. The molecule has 0 aromatic rings. The molecule has 0 aliphatic heterocycles. The topological polar surface area (TPSA) is 95.9 Å². The summed E-state index contributed by atoms with van der Waals surface area (Å²) in [7, 11) is 0. The fraction of sp³-hybridized carbons (Fsp3) is 0.932. The van der Waals surface area contributed by atoms with Crippen LogP contribution in [0, 0.1) is 0 Å². The first-order valence-corrected chi connectivity index (χ1v) is 29.4. The van der Waals surface area contributed by atoms with Crippen molar-refractivity contribution < 1.29 is 24.5 Å². The molecule has 6 heteroatoms. The number of nitrogens with one attached hydrogen (secondary N) is 1. The van der Waals surface area contributed by atoms with Gasteiger partial charge in [-0.1, -0.05) is 276 Å². The van der Waals surface area contributed by atoms with Crippen LogP contribution in [0.4, 0.5) is 0 Å². The van der Waals surface area contributed by atoms with Crippen molar-refractivity contribution in [3.8, 4) is 0 Å². The molecule has 0 aliphatic rings. The summed E-state index contributed by atoms with van der Waals surface area (Å²) in [6.07, 6.45) is 64.9. The van der Waals surface area contributed by atoms with Gasteiger partial charge in [-0.2, -0.15) is 0 Å². The predicted octanol–water partition coefficient (Wildman–Crippen LogP) is 18.1. The van der Waals surface area contributed by atoms with E-state index in [0.717, 1.165) is 44.9 Å². The van der Waals surface area contributed by atoms with Crippen molar-refractivity contribution in [2.45, 2.75) is 341 Å². The molecular weight excluding hydrogens is 803 g/mol. The van der Waals surface area contributed by atoms with Crippen LogP contribution in [0.25, 0.3) is 0 Å². The maximum absolute atomic E-state index is 12.4. The first-order valence-electron chi connectivity index (χ1n) is 29.4. The zero-order valence-corrected chi connectivity index (χ0v) is 44.0. The van der Waals surface area contributed by atoms with Crippen molar-refractivity contribution >= 4 is 11.9 Å². The second kappa shape index (κ2) is 55.2. The lowest BCUT2D eigenvalue weighted by atomic mass is 10.0. The first kappa shape index (κ1) is 63.6. The van der Waals surface area contributed by atoms with Gasteiger partial charge in [0.2, 0.25) is 5.91 Å². The fourth-order valence-corrected chi connectivity index (χ4v) is 9.28. The van der Waals surface area contributed by atoms with E-state index in [0.29, 0.717) is 25.9 Å². The number of rotatable bonds is 55. The second-order valence-electron chi connectivity index (χ2n) is 20.3. The molecule has 0 heterocycles. The molecule has 0 saturated heterocycles. The Morgan fingerprint density at radius 2 is 0.723 bits per heavy atom. The van der Waals surface area contributed by atoms with E-state index < -0.39 is 12.1 Å². The molecule has 0 aliphatic carbocycles. The van der Waals surface area contributed by atoms with Crippen LogP contribution >= 0.6 is 0 Å². The number of carbonyl (C=O) groups is 2. The molecule has 2 unspecified atom stereocenters. The number of amides is 1. The van der Waals surface area contributed by atoms with Gasteiger partial charge >= 0.3 is 5.97 Å². The zero-order valence-electron chi connectivity index (χ0n) is 44.0. The average Bonchev–Trinajstić information content (AvgIpc) is 3.31. The predicted molar refractivity (Wildman–Crippen MR) is 283 cm³/mol. The third-order valence-electron chi connectivity index (χ3n) is 13.8. The van der Waals surface area contributed by atoms with Crippen molar-refractivity contribution in [2.24, 2.45) is 0 Å². The number of aliphatic hydroxyl groups is 2. The van der Waals surface area contributed by atoms with Crippen molar-refractivity contribution in [1.29, 1.82) is 0 Å². The van der Waals surface area contributed by atoms with Crippen LogP contribution in [-0.4, -0.2) is 47.4 Å². The smallest absolute Gasteiger partial charge is 0.305 e. The minimum atomic E-state index is -0.664. The zero-order chi connectivity index (χ0) is 47.2. The van der Waals surface area contributed by atoms with Gasteiger partial charge in [0.25, 0.3) is 0 Å². The van der Waals surface area contributed by atoms with Crippen LogP contribution in [0.5, 0.6) is 0 Å². The van der Waals surface area contributed by atoms with E-state index in [-0.39, 0.29) is 18.5 Å². The third kappa shape index (κ3) is 51.8. The van der Waals surface area contributed by atoms with Crippen LogP contribution in [0.2, 0.25) is 0 Å². The molecule has 0 spiro atoms. The lowest BCUT2D eigenvalue weighted by Gasteiger charge is -2.22. The number of hydrogen-bond donors (Lipinski definition) is 3. The van der Waals surface area contributed by atoms with Crippen molar-refractivity contribution in [3.63, 3.8) is 0 Å². The number of ether oxygens (including phenoxy) is 1. The number of allylic oxidation sites excluding steroid dienone is 2. The fourth-order valence-electron chi connectivity index (χ4n) is 9.28. The molecule has 386 valence electrons. The quantitative estimate of drug-likeness (QED) is 0.0321. The average molecular weight is 919 g/mol. The van der Waals surface area contributed by atoms with Gasteiger partial charge in [-0.05, 0) is 51.4 Å². The SMILES string of the molecule is CCCCCCCCC/C=C\CCCCCCCC(=O)OCCCCCCCCCCCCCCCCCCCCCCC(=O)NC(CO)C(O)CCCCCCCCCCCCCC. The van der Waals surface area contributed by atoms with Crippen LogP contribution < -0.4 is 5.32 Å². The Kier molecular flexibility index (Phi) is 54.0. The molecule has 0 rings (SSSR count). The van der Waals surface area contributed by atoms with Gasteiger partial charge in [0.1, 0.15) is 0 Å². The Morgan fingerprint density at radius 3 is 1.09 bits per heavy atom. The van der Waals surface area contributed by atoms with Crippen LogP contribution in [0.1, 0.15) is 328 Å². The summed E-state index contributed by atoms with van der Waals surface area (Å²) in [5.74, 6) is -0.0325.